The second-order valence-corrected chi connectivity index (χ2v) is 10.7. The standard InChI is InChI=1S/C28H26FN3O5S/c1-16-12-17(2)27(18(3)13-16)37-28-20(23(33)15-38(34,35)26-7-5-6-25(30)32-26)9-11-22(31-28)19-8-10-21(29)24(14-19)36-4/h5-14H,15H2,1-4H3,(H2,30,32). The van der Waals surface area contributed by atoms with Crippen molar-refractivity contribution in [1.29, 1.82) is 0 Å². The number of anilines is 1. The zero-order chi connectivity index (χ0) is 27.6. The lowest BCUT2D eigenvalue weighted by Crippen LogP contribution is -2.19. The van der Waals surface area contributed by atoms with Gasteiger partial charge in [0.1, 0.15) is 17.3 Å². The number of carbonyl (C=O) groups excluding carboxylic acids is 1. The summed E-state index contributed by atoms with van der Waals surface area (Å²) in [7, 11) is -2.75. The molecule has 196 valence electrons. The second kappa shape index (κ2) is 10.6. The highest BCUT2D eigenvalue weighted by atomic mass is 32.2. The van der Waals surface area contributed by atoms with Crippen LogP contribution in [-0.4, -0.2) is 37.0 Å². The van der Waals surface area contributed by atoms with Gasteiger partial charge >= 0.3 is 0 Å². The molecule has 0 radical (unpaired) electrons. The molecule has 0 aliphatic carbocycles. The zero-order valence-electron chi connectivity index (χ0n) is 21.3. The Hall–Kier alpha value is -4.31. The van der Waals surface area contributed by atoms with E-state index in [1.807, 2.05) is 32.9 Å². The van der Waals surface area contributed by atoms with Crippen LogP contribution in [0, 0.1) is 26.6 Å². The van der Waals surface area contributed by atoms with Crippen LogP contribution in [0.1, 0.15) is 27.0 Å². The van der Waals surface area contributed by atoms with Gasteiger partial charge in [-0.1, -0.05) is 23.8 Å². The molecule has 0 aliphatic heterocycles. The number of Topliss-reactive ketones (excluding diaryl/α,β-unsaturated/α-hetero) is 1. The summed E-state index contributed by atoms with van der Waals surface area (Å²) in [4.78, 5) is 21.7. The fourth-order valence-corrected chi connectivity index (χ4v) is 5.24. The summed E-state index contributed by atoms with van der Waals surface area (Å²) < 4.78 is 51.1. The lowest BCUT2D eigenvalue weighted by atomic mass is 10.1. The van der Waals surface area contributed by atoms with E-state index in [9.17, 15) is 17.6 Å². The van der Waals surface area contributed by atoms with Gasteiger partial charge in [-0.2, -0.15) is 0 Å². The molecule has 0 atom stereocenters. The van der Waals surface area contributed by atoms with E-state index in [0.717, 1.165) is 16.7 Å². The predicted octanol–water partition coefficient (Wildman–Crippen LogP) is 5.25. The number of ether oxygens (including phenoxy) is 2. The number of halogens is 1. The summed E-state index contributed by atoms with van der Waals surface area (Å²) in [6.07, 6.45) is 0. The van der Waals surface area contributed by atoms with Crippen LogP contribution < -0.4 is 15.2 Å². The first-order chi connectivity index (χ1) is 18.0. The molecule has 0 saturated carbocycles. The number of pyridine rings is 2. The van der Waals surface area contributed by atoms with E-state index < -0.39 is 27.2 Å². The smallest absolute Gasteiger partial charge is 0.230 e. The van der Waals surface area contributed by atoms with Gasteiger partial charge in [-0.25, -0.2) is 22.8 Å². The number of methoxy groups -OCH3 is 1. The van der Waals surface area contributed by atoms with Crippen LogP contribution in [0.4, 0.5) is 10.2 Å². The fourth-order valence-electron chi connectivity index (χ4n) is 4.06. The van der Waals surface area contributed by atoms with Gasteiger partial charge in [-0.05, 0) is 74.4 Å². The van der Waals surface area contributed by atoms with E-state index in [-0.39, 0.29) is 28.0 Å². The molecule has 2 aromatic heterocycles. The molecule has 0 spiro atoms. The van der Waals surface area contributed by atoms with Gasteiger partial charge in [-0.3, -0.25) is 4.79 Å². The van der Waals surface area contributed by atoms with Gasteiger partial charge in [0, 0.05) is 5.56 Å². The highest BCUT2D eigenvalue weighted by Gasteiger charge is 2.26. The molecular formula is C28H26FN3O5S. The van der Waals surface area contributed by atoms with Crippen molar-refractivity contribution in [1.82, 2.24) is 9.97 Å². The largest absolute Gasteiger partial charge is 0.494 e. The van der Waals surface area contributed by atoms with Crippen LogP contribution in [-0.2, 0) is 9.84 Å². The molecule has 0 amide bonds. The molecule has 0 fully saturated rings. The van der Waals surface area contributed by atoms with Crippen LogP contribution in [0.15, 0.2) is 65.7 Å². The second-order valence-electron chi connectivity index (χ2n) is 8.81. The van der Waals surface area contributed by atoms with E-state index >= 15 is 0 Å². The number of aromatic nitrogens is 2. The van der Waals surface area contributed by atoms with Gasteiger partial charge in [-0.15, -0.1) is 0 Å². The quantitative estimate of drug-likeness (QED) is 0.304. The Morgan fingerprint density at radius 2 is 1.68 bits per heavy atom. The average Bonchev–Trinajstić information content (AvgIpc) is 2.86. The minimum absolute atomic E-state index is 0.0219. The molecule has 10 heteroatoms. The summed E-state index contributed by atoms with van der Waals surface area (Å²) in [6.45, 7) is 5.68. The molecule has 4 aromatic rings. The maximum atomic E-state index is 14.0. The number of ketones is 1. The van der Waals surface area contributed by atoms with Crippen LogP contribution >= 0.6 is 0 Å². The normalized spacial score (nSPS) is 11.3. The number of nitrogens with zero attached hydrogens (tertiary/aromatic N) is 2. The highest BCUT2D eigenvalue weighted by Crippen LogP contribution is 2.34. The van der Waals surface area contributed by atoms with Crippen molar-refractivity contribution in [2.45, 2.75) is 25.8 Å². The van der Waals surface area contributed by atoms with Crippen molar-refractivity contribution in [3.8, 4) is 28.6 Å². The number of nitrogens with two attached hydrogens (primary N) is 1. The van der Waals surface area contributed by atoms with Crippen molar-refractivity contribution in [2.75, 3.05) is 18.6 Å². The minimum atomic E-state index is -4.10. The zero-order valence-corrected chi connectivity index (χ0v) is 22.1. The van der Waals surface area contributed by atoms with E-state index in [0.29, 0.717) is 17.0 Å². The monoisotopic (exact) mass is 535 g/mol. The van der Waals surface area contributed by atoms with Crippen LogP contribution in [0.5, 0.6) is 17.4 Å². The molecule has 2 aromatic carbocycles. The molecule has 0 aliphatic rings. The Bertz CT molecular complexity index is 1630. The minimum Gasteiger partial charge on any atom is -0.494 e. The Balaban J connectivity index is 1.79. The number of carbonyl (C=O) groups is 1. The molecule has 8 nitrogen and oxygen atoms in total. The maximum Gasteiger partial charge on any atom is 0.230 e. The first-order valence-electron chi connectivity index (χ1n) is 11.6. The van der Waals surface area contributed by atoms with Crippen LogP contribution in [0.2, 0.25) is 0 Å². The summed E-state index contributed by atoms with van der Waals surface area (Å²) >= 11 is 0. The highest BCUT2D eigenvalue weighted by molar-refractivity contribution is 7.92. The maximum absolute atomic E-state index is 14.0. The lowest BCUT2D eigenvalue weighted by molar-refractivity contribution is 0.101. The number of sulfone groups is 1. The number of benzene rings is 2. The average molecular weight is 536 g/mol. The van der Waals surface area contributed by atoms with E-state index in [1.54, 1.807) is 0 Å². The molecule has 0 saturated heterocycles. The predicted molar refractivity (Wildman–Crippen MR) is 142 cm³/mol. The third-order valence-electron chi connectivity index (χ3n) is 5.80. The molecule has 2 heterocycles. The Morgan fingerprint density at radius 1 is 0.974 bits per heavy atom. The van der Waals surface area contributed by atoms with Crippen molar-refractivity contribution in [2.24, 2.45) is 0 Å². The van der Waals surface area contributed by atoms with E-state index in [1.165, 1.54) is 55.6 Å². The molecule has 0 unspecified atom stereocenters. The van der Waals surface area contributed by atoms with Gasteiger partial charge < -0.3 is 15.2 Å². The van der Waals surface area contributed by atoms with E-state index in [4.69, 9.17) is 15.2 Å². The van der Waals surface area contributed by atoms with Crippen molar-refractivity contribution in [3.63, 3.8) is 0 Å². The third kappa shape index (κ3) is 5.65. The number of hydrogen-bond donors (Lipinski definition) is 1. The number of nitrogen functional groups attached to an aromatic ring is 1. The Morgan fingerprint density at radius 3 is 2.34 bits per heavy atom. The first-order valence-corrected chi connectivity index (χ1v) is 13.2. The van der Waals surface area contributed by atoms with Gasteiger partial charge in [0.2, 0.25) is 15.7 Å². The summed E-state index contributed by atoms with van der Waals surface area (Å²) in [5.74, 6) is -1.68. The Labute approximate surface area is 220 Å². The first kappa shape index (κ1) is 26.7. The lowest BCUT2D eigenvalue weighted by Gasteiger charge is -2.16. The fraction of sp³-hybridized carbons (Fsp3) is 0.179. The molecule has 0 bridgehead atoms. The SMILES string of the molecule is COc1cc(-c2ccc(C(=O)CS(=O)(=O)c3cccc(N)n3)c(Oc3c(C)cc(C)cc3C)n2)ccc1F. The topological polar surface area (TPSA) is 121 Å². The number of aryl methyl sites for hydroxylation is 3. The van der Waals surface area contributed by atoms with Gasteiger partial charge in [0.05, 0.1) is 18.4 Å². The summed E-state index contributed by atoms with van der Waals surface area (Å²) in [5, 5.41) is -0.304. The summed E-state index contributed by atoms with van der Waals surface area (Å²) in [6, 6.07) is 15.2. The number of rotatable bonds is 8. The van der Waals surface area contributed by atoms with Gasteiger partial charge in [0.25, 0.3) is 0 Å². The Kier molecular flexibility index (Phi) is 7.45. The molecular weight excluding hydrogens is 509 g/mol. The van der Waals surface area contributed by atoms with Crippen molar-refractivity contribution in [3.05, 3.63) is 88.7 Å². The summed E-state index contributed by atoms with van der Waals surface area (Å²) in [5.41, 5.74) is 9.14. The van der Waals surface area contributed by atoms with Gasteiger partial charge in [0.15, 0.2) is 22.4 Å². The number of hydrogen-bond acceptors (Lipinski definition) is 8. The van der Waals surface area contributed by atoms with E-state index in [2.05, 4.69) is 9.97 Å². The van der Waals surface area contributed by atoms with Crippen molar-refractivity contribution < 1.29 is 27.1 Å². The van der Waals surface area contributed by atoms with Crippen LogP contribution in [0.3, 0.4) is 0 Å². The van der Waals surface area contributed by atoms with Crippen molar-refractivity contribution >= 4 is 21.4 Å². The third-order valence-corrected chi connectivity index (χ3v) is 7.30. The van der Waals surface area contributed by atoms with Crippen LogP contribution in [0.25, 0.3) is 11.3 Å². The molecule has 38 heavy (non-hydrogen) atoms. The molecule has 2 N–H and O–H groups in total. The molecule has 4 rings (SSSR count).